The summed E-state index contributed by atoms with van der Waals surface area (Å²) in [5.74, 6) is 0. The average molecular weight is 317 g/mol. The fraction of sp³-hybridized carbons (Fsp3) is 0.526. The zero-order valence-corrected chi connectivity index (χ0v) is 14.4. The predicted molar refractivity (Wildman–Crippen MR) is 91.5 cm³/mol. The van der Waals surface area contributed by atoms with Crippen LogP contribution in [0.4, 0.5) is 4.79 Å². The average Bonchev–Trinajstić information content (AvgIpc) is 2.84. The minimum Gasteiger partial charge on any atom is -0.444 e. The van der Waals surface area contributed by atoms with E-state index in [4.69, 9.17) is 9.47 Å². The number of likely N-dealkylation sites (tertiary alicyclic amines) is 1. The van der Waals surface area contributed by atoms with Crippen molar-refractivity contribution in [1.29, 1.82) is 0 Å². The first-order valence-corrected chi connectivity index (χ1v) is 8.13. The minimum atomic E-state index is -0.486. The molecule has 1 fully saturated rings. The summed E-state index contributed by atoms with van der Waals surface area (Å²) in [6.07, 6.45) is 1.37. The van der Waals surface area contributed by atoms with Crippen LogP contribution in [0.2, 0.25) is 0 Å². The van der Waals surface area contributed by atoms with Crippen molar-refractivity contribution in [1.82, 2.24) is 4.90 Å². The monoisotopic (exact) mass is 317 g/mol. The molecule has 2 rings (SSSR count). The van der Waals surface area contributed by atoms with E-state index < -0.39 is 5.60 Å². The molecule has 126 valence electrons. The summed E-state index contributed by atoms with van der Waals surface area (Å²) >= 11 is 0. The molecule has 4 heteroatoms. The summed E-state index contributed by atoms with van der Waals surface area (Å²) < 4.78 is 11.3. The Morgan fingerprint density at radius 2 is 2.00 bits per heavy atom. The summed E-state index contributed by atoms with van der Waals surface area (Å²) in [4.78, 5) is 14.0. The first kappa shape index (κ1) is 17.5. The number of benzene rings is 1. The van der Waals surface area contributed by atoms with Crippen molar-refractivity contribution in [3.05, 3.63) is 48.0 Å². The number of ether oxygens (including phenoxy) is 2. The Morgan fingerprint density at radius 1 is 1.30 bits per heavy atom. The second-order valence-corrected chi connectivity index (χ2v) is 7.03. The lowest BCUT2D eigenvalue weighted by atomic mass is 10.1. The zero-order valence-electron chi connectivity index (χ0n) is 14.4. The Hall–Kier alpha value is -1.81. The summed E-state index contributed by atoms with van der Waals surface area (Å²) in [7, 11) is 0. The maximum atomic E-state index is 12.3. The van der Waals surface area contributed by atoms with Gasteiger partial charge >= 0.3 is 6.09 Å². The molecule has 1 aliphatic rings. The van der Waals surface area contributed by atoms with Crippen LogP contribution in [-0.2, 0) is 15.9 Å². The molecule has 1 aliphatic heterocycles. The minimum absolute atomic E-state index is 0.0214. The Morgan fingerprint density at radius 3 is 2.65 bits per heavy atom. The number of carbonyl (C=O) groups excluding carboxylic acids is 1. The van der Waals surface area contributed by atoms with E-state index in [0.717, 1.165) is 18.4 Å². The fourth-order valence-electron chi connectivity index (χ4n) is 2.62. The molecule has 1 saturated heterocycles. The lowest BCUT2D eigenvalue weighted by molar-refractivity contribution is 0.0110. The third-order valence-electron chi connectivity index (χ3n) is 3.68. The number of nitrogens with zero attached hydrogens (tertiary/aromatic N) is 1. The third kappa shape index (κ3) is 5.71. The summed E-state index contributed by atoms with van der Waals surface area (Å²) in [6, 6.07) is 10.3. The van der Waals surface area contributed by atoms with Gasteiger partial charge in [0.05, 0.1) is 19.3 Å². The lowest BCUT2D eigenvalue weighted by Gasteiger charge is -2.28. The molecule has 1 aromatic carbocycles. The van der Waals surface area contributed by atoms with Gasteiger partial charge in [-0.25, -0.2) is 4.79 Å². The highest BCUT2D eigenvalue weighted by atomic mass is 16.6. The molecule has 0 N–H and O–H groups in total. The number of amides is 1. The van der Waals surface area contributed by atoms with Crippen molar-refractivity contribution >= 4 is 6.09 Å². The summed E-state index contributed by atoms with van der Waals surface area (Å²) in [5.41, 5.74) is 1.82. The van der Waals surface area contributed by atoms with E-state index in [-0.39, 0.29) is 12.1 Å². The Labute approximate surface area is 139 Å². The zero-order chi connectivity index (χ0) is 16.9. The molecule has 4 nitrogen and oxygen atoms in total. The maximum Gasteiger partial charge on any atom is 0.410 e. The maximum absolute atomic E-state index is 12.3. The molecular weight excluding hydrogens is 290 g/mol. The van der Waals surface area contributed by atoms with Gasteiger partial charge in [-0.3, -0.25) is 4.90 Å². The molecule has 0 radical (unpaired) electrons. The van der Waals surface area contributed by atoms with Gasteiger partial charge in [-0.05, 0) is 39.2 Å². The van der Waals surface area contributed by atoms with E-state index in [0.29, 0.717) is 19.8 Å². The van der Waals surface area contributed by atoms with Crippen molar-refractivity contribution in [3.63, 3.8) is 0 Å². The highest BCUT2D eigenvalue weighted by Gasteiger charge is 2.33. The number of carbonyl (C=O) groups is 1. The molecule has 1 atom stereocenters. The van der Waals surface area contributed by atoms with Gasteiger partial charge in [0, 0.05) is 6.54 Å². The molecular formula is C19H27NO3. The molecule has 0 saturated carbocycles. The molecule has 1 heterocycles. The highest BCUT2D eigenvalue weighted by molar-refractivity contribution is 5.69. The van der Waals surface area contributed by atoms with Crippen LogP contribution in [0.15, 0.2) is 42.5 Å². The van der Waals surface area contributed by atoms with Crippen LogP contribution in [0.5, 0.6) is 0 Å². The van der Waals surface area contributed by atoms with Crippen LogP contribution in [0, 0.1) is 0 Å². The van der Waals surface area contributed by atoms with E-state index in [1.807, 2.05) is 39.0 Å². The van der Waals surface area contributed by atoms with Crippen molar-refractivity contribution in [2.24, 2.45) is 0 Å². The van der Waals surface area contributed by atoms with Crippen molar-refractivity contribution in [2.75, 3.05) is 19.8 Å². The first-order chi connectivity index (χ1) is 10.8. The van der Waals surface area contributed by atoms with Crippen LogP contribution in [-0.4, -0.2) is 42.4 Å². The third-order valence-corrected chi connectivity index (χ3v) is 3.68. The molecule has 0 spiro atoms. The van der Waals surface area contributed by atoms with E-state index >= 15 is 0 Å². The van der Waals surface area contributed by atoms with E-state index in [2.05, 4.69) is 18.7 Å². The van der Waals surface area contributed by atoms with Crippen molar-refractivity contribution < 1.29 is 14.3 Å². The topological polar surface area (TPSA) is 38.8 Å². The molecule has 1 aromatic rings. The van der Waals surface area contributed by atoms with Crippen molar-refractivity contribution in [3.8, 4) is 0 Å². The molecule has 23 heavy (non-hydrogen) atoms. The molecule has 0 bridgehead atoms. The smallest absolute Gasteiger partial charge is 0.410 e. The van der Waals surface area contributed by atoms with Crippen LogP contribution in [0.3, 0.4) is 0 Å². The molecule has 1 amide bonds. The Balaban J connectivity index is 1.80. The number of hydrogen-bond donors (Lipinski definition) is 0. The van der Waals surface area contributed by atoms with Gasteiger partial charge in [0.2, 0.25) is 0 Å². The van der Waals surface area contributed by atoms with Gasteiger partial charge < -0.3 is 9.47 Å². The van der Waals surface area contributed by atoms with Crippen LogP contribution >= 0.6 is 0 Å². The summed E-state index contributed by atoms with van der Waals surface area (Å²) in [6.45, 7) is 11.4. The SMILES string of the molecule is C=C1C[C@H](COCCc2ccccc2)N(C(=O)OC(C)(C)C)C1. The molecule has 0 aliphatic carbocycles. The first-order valence-electron chi connectivity index (χ1n) is 8.13. The van der Waals surface area contributed by atoms with Gasteiger partial charge in [0.25, 0.3) is 0 Å². The summed E-state index contributed by atoms with van der Waals surface area (Å²) in [5, 5.41) is 0. The normalized spacial score (nSPS) is 18.3. The van der Waals surface area contributed by atoms with Gasteiger partial charge in [-0.1, -0.05) is 42.5 Å². The molecule has 0 unspecified atom stereocenters. The van der Waals surface area contributed by atoms with E-state index in [1.54, 1.807) is 4.90 Å². The standard InChI is InChI=1S/C19H27NO3/c1-15-12-17(20(13-15)18(21)23-19(2,3)4)14-22-11-10-16-8-6-5-7-9-16/h5-9,17H,1,10-14H2,2-4H3/t17-/m1/s1. The Kier molecular flexibility index (Phi) is 5.83. The van der Waals surface area contributed by atoms with Crippen molar-refractivity contribution in [2.45, 2.75) is 45.3 Å². The number of rotatable bonds is 5. The van der Waals surface area contributed by atoms with Crippen LogP contribution in [0.25, 0.3) is 0 Å². The predicted octanol–water partition coefficient (Wildman–Crippen LogP) is 3.81. The molecule has 0 aromatic heterocycles. The largest absolute Gasteiger partial charge is 0.444 e. The Bertz CT molecular complexity index is 533. The van der Waals surface area contributed by atoms with Gasteiger partial charge in [0.15, 0.2) is 0 Å². The quantitative estimate of drug-likeness (QED) is 0.612. The lowest BCUT2D eigenvalue weighted by Crippen LogP contribution is -2.41. The number of hydrogen-bond acceptors (Lipinski definition) is 3. The van der Waals surface area contributed by atoms with E-state index in [1.165, 1.54) is 5.56 Å². The second-order valence-electron chi connectivity index (χ2n) is 7.03. The second kappa shape index (κ2) is 7.64. The fourth-order valence-corrected chi connectivity index (χ4v) is 2.62. The van der Waals surface area contributed by atoms with Gasteiger partial charge in [0.1, 0.15) is 5.60 Å². The van der Waals surface area contributed by atoms with Gasteiger partial charge in [-0.15, -0.1) is 0 Å². The highest BCUT2D eigenvalue weighted by Crippen LogP contribution is 2.24. The van der Waals surface area contributed by atoms with Crippen LogP contribution < -0.4 is 0 Å². The van der Waals surface area contributed by atoms with Gasteiger partial charge in [-0.2, -0.15) is 0 Å². The van der Waals surface area contributed by atoms with E-state index in [9.17, 15) is 4.79 Å². The van der Waals surface area contributed by atoms with Crippen LogP contribution in [0.1, 0.15) is 32.8 Å².